The van der Waals surface area contributed by atoms with Crippen LogP contribution in [0.2, 0.25) is 0 Å². The molecule has 0 aromatic carbocycles. The molecule has 0 spiro atoms. The zero-order chi connectivity index (χ0) is 14.8. The minimum absolute atomic E-state index is 0.0752. The topological polar surface area (TPSA) is 57.3 Å². The van der Waals surface area contributed by atoms with Gasteiger partial charge in [0.05, 0.1) is 0 Å². The summed E-state index contributed by atoms with van der Waals surface area (Å²) in [5.41, 5.74) is 7.07. The van der Waals surface area contributed by atoms with Gasteiger partial charge >= 0.3 is 0 Å². The van der Waals surface area contributed by atoms with Gasteiger partial charge in [0, 0.05) is 35.9 Å². The maximum absolute atomic E-state index is 10.9. The third-order valence-corrected chi connectivity index (χ3v) is 4.25. The zero-order valence-electron chi connectivity index (χ0n) is 11.6. The second kappa shape index (κ2) is 6.43. The first-order chi connectivity index (χ1) is 9.41. The number of amides is 1. The Morgan fingerprint density at radius 1 is 1.60 bits per heavy atom. The number of thiol groups is 1. The number of rotatable bonds is 5. The van der Waals surface area contributed by atoms with E-state index in [0.717, 1.165) is 23.9 Å². The van der Waals surface area contributed by atoms with Gasteiger partial charge in [0.2, 0.25) is 0 Å². The summed E-state index contributed by atoms with van der Waals surface area (Å²) in [7, 11) is 1.75. The number of aromatic nitrogens is 1. The first-order valence-electron chi connectivity index (χ1n) is 6.49. The number of halogens is 1. The molecule has 1 aromatic heterocycles. The van der Waals surface area contributed by atoms with Crippen LogP contribution < -0.4 is 10.9 Å². The van der Waals surface area contributed by atoms with E-state index in [-0.39, 0.29) is 10.7 Å². The van der Waals surface area contributed by atoms with Crippen LogP contribution in [-0.4, -0.2) is 28.9 Å². The lowest BCUT2D eigenvalue weighted by atomic mass is 9.59. The molecule has 1 saturated carbocycles. The molecular formula is C13H19BrN4OS. The van der Waals surface area contributed by atoms with E-state index in [1.54, 1.807) is 18.4 Å². The number of hydrazine groups is 2. The summed E-state index contributed by atoms with van der Waals surface area (Å²) in [6, 6.07) is 2.12. The first-order valence-corrected chi connectivity index (χ1v) is 7.73. The van der Waals surface area contributed by atoms with Crippen LogP contribution in [0.5, 0.6) is 0 Å². The molecule has 1 aliphatic carbocycles. The second-order valence-corrected chi connectivity index (χ2v) is 6.82. The van der Waals surface area contributed by atoms with Gasteiger partial charge in [0.25, 0.3) is 5.24 Å². The van der Waals surface area contributed by atoms with Gasteiger partial charge in [0.15, 0.2) is 0 Å². The van der Waals surface area contributed by atoms with Crippen LogP contribution in [0.3, 0.4) is 0 Å². The van der Waals surface area contributed by atoms with Crippen molar-refractivity contribution in [2.24, 2.45) is 5.92 Å². The van der Waals surface area contributed by atoms with Crippen molar-refractivity contribution in [3.8, 4) is 0 Å². The molecule has 1 aliphatic rings. The van der Waals surface area contributed by atoms with Crippen molar-refractivity contribution < 1.29 is 4.79 Å². The maximum Gasteiger partial charge on any atom is 0.291 e. The average molecular weight is 359 g/mol. The molecule has 1 amide bonds. The Morgan fingerprint density at radius 2 is 2.30 bits per heavy atom. The van der Waals surface area contributed by atoms with Crippen LogP contribution >= 0.6 is 28.6 Å². The van der Waals surface area contributed by atoms with Gasteiger partial charge in [-0.2, -0.15) is 5.12 Å². The number of hydrogen-bond donors (Lipinski definition) is 3. The molecule has 1 aromatic rings. The average Bonchev–Trinajstić information content (AvgIpc) is 2.32. The Kier molecular flexibility index (Phi) is 5.06. The third-order valence-electron chi connectivity index (χ3n) is 3.71. The van der Waals surface area contributed by atoms with Crippen LogP contribution in [0.4, 0.5) is 4.79 Å². The molecule has 0 atom stereocenters. The Morgan fingerprint density at radius 3 is 2.85 bits per heavy atom. The largest absolute Gasteiger partial charge is 0.291 e. The fraction of sp³-hybridized carbons (Fsp3) is 0.538. The standard InChI is InChI=1S/C13H19BrN4OS/c1-9-4-13(5-9,8-16-18(2)17-12(19)20)10-3-11(14)7-15-6-10/h3,6-7,9,16H,4-5,8H2,1-2H3,(H2,17,19,20). The lowest BCUT2D eigenvalue weighted by Crippen LogP contribution is -2.55. The summed E-state index contributed by atoms with van der Waals surface area (Å²) in [4.78, 5) is 15.1. The van der Waals surface area contributed by atoms with E-state index in [4.69, 9.17) is 0 Å². The molecule has 0 unspecified atom stereocenters. The summed E-state index contributed by atoms with van der Waals surface area (Å²) in [6.07, 6.45) is 5.94. The van der Waals surface area contributed by atoms with E-state index < -0.39 is 0 Å². The molecule has 2 rings (SSSR count). The van der Waals surface area contributed by atoms with Crippen molar-refractivity contribution in [1.29, 1.82) is 0 Å². The first kappa shape index (κ1) is 15.8. The molecule has 20 heavy (non-hydrogen) atoms. The second-order valence-electron chi connectivity index (χ2n) is 5.50. The van der Waals surface area contributed by atoms with Gasteiger partial charge in [-0.3, -0.25) is 15.2 Å². The van der Waals surface area contributed by atoms with Gasteiger partial charge < -0.3 is 0 Å². The molecule has 0 saturated heterocycles. The quantitative estimate of drug-likeness (QED) is 0.559. The molecule has 0 aliphatic heterocycles. The van der Waals surface area contributed by atoms with E-state index in [2.05, 4.69) is 57.4 Å². The molecule has 7 heteroatoms. The number of nitrogens with one attached hydrogen (secondary N) is 2. The summed E-state index contributed by atoms with van der Waals surface area (Å²) < 4.78 is 0.992. The van der Waals surface area contributed by atoms with Crippen molar-refractivity contribution >= 4 is 33.8 Å². The smallest absolute Gasteiger partial charge is 0.266 e. The minimum Gasteiger partial charge on any atom is -0.266 e. The zero-order valence-corrected chi connectivity index (χ0v) is 14.0. The number of pyridine rings is 1. The monoisotopic (exact) mass is 358 g/mol. The molecular weight excluding hydrogens is 340 g/mol. The highest BCUT2D eigenvalue weighted by Gasteiger charge is 2.43. The molecule has 0 bridgehead atoms. The lowest BCUT2D eigenvalue weighted by Gasteiger charge is -2.47. The van der Waals surface area contributed by atoms with E-state index in [9.17, 15) is 4.79 Å². The van der Waals surface area contributed by atoms with E-state index in [0.29, 0.717) is 5.92 Å². The Labute approximate surface area is 133 Å². The summed E-state index contributed by atoms with van der Waals surface area (Å²) in [5.74, 6) is 0.709. The minimum atomic E-state index is -0.389. The highest BCUT2D eigenvalue weighted by Crippen LogP contribution is 2.47. The van der Waals surface area contributed by atoms with Crippen molar-refractivity contribution in [3.63, 3.8) is 0 Å². The third kappa shape index (κ3) is 3.72. The van der Waals surface area contributed by atoms with E-state index >= 15 is 0 Å². The van der Waals surface area contributed by atoms with Crippen LogP contribution in [0.1, 0.15) is 25.3 Å². The van der Waals surface area contributed by atoms with Crippen LogP contribution in [0, 0.1) is 5.92 Å². The summed E-state index contributed by atoms with van der Waals surface area (Å²) in [6.45, 7) is 3.00. The SMILES string of the molecule is CC1CC(CNN(C)NC(=O)S)(c2cncc(Br)c2)C1. The van der Waals surface area contributed by atoms with Gasteiger partial charge in [0.1, 0.15) is 0 Å². The number of carbonyl (C=O) groups excluding carboxylic acids is 1. The number of carbonyl (C=O) groups is 1. The highest BCUT2D eigenvalue weighted by atomic mass is 79.9. The molecule has 2 N–H and O–H groups in total. The fourth-order valence-corrected chi connectivity index (χ4v) is 3.43. The molecule has 0 radical (unpaired) electrons. The van der Waals surface area contributed by atoms with Crippen molar-refractivity contribution in [3.05, 3.63) is 28.5 Å². The van der Waals surface area contributed by atoms with E-state index in [1.165, 1.54) is 5.56 Å². The summed E-state index contributed by atoms with van der Waals surface area (Å²) in [5, 5.41) is 1.16. The Balaban J connectivity index is 2.05. The van der Waals surface area contributed by atoms with Crippen LogP contribution in [0.25, 0.3) is 0 Å². The normalized spacial score (nSPS) is 25.4. The van der Waals surface area contributed by atoms with Crippen molar-refractivity contribution in [1.82, 2.24) is 21.0 Å². The van der Waals surface area contributed by atoms with Crippen molar-refractivity contribution in [2.75, 3.05) is 13.6 Å². The maximum atomic E-state index is 10.9. The predicted molar refractivity (Wildman–Crippen MR) is 85.3 cm³/mol. The Bertz CT molecular complexity index is 493. The predicted octanol–water partition coefficient (Wildman–Crippen LogP) is 2.50. The van der Waals surface area contributed by atoms with Gasteiger partial charge in [-0.05, 0) is 46.3 Å². The molecule has 1 fully saturated rings. The molecule has 5 nitrogen and oxygen atoms in total. The Hall–Kier alpha value is -0.630. The molecule has 1 heterocycles. The van der Waals surface area contributed by atoms with Gasteiger partial charge in [-0.15, -0.1) is 0 Å². The summed E-state index contributed by atoms with van der Waals surface area (Å²) >= 11 is 7.16. The fourth-order valence-electron chi connectivity index (χ4n) is 2.91. The number of nitrogens with zero attached hydrogens (tertiary/aromatic N) is 2. The lowest BCUT2D eigenvalue weighted by molar-refractivity contribution is 0.0943. The van der Waals surface area contributed by atoms with Crippen LogP contribution in [0.15, 0.2) is 22.9 Å². The van der Waals surface area contributed by atoms with Crippen molar-refractivity contribution in [2.45, 2.75) is 25.2 Å². The van der Waals surface area contributed by atoms with Gasteiger partial charge in [-0.1, -0.05) is 19.6 Å². The number of hydrogen-bond acceptors (Lipinski definition) is 4. The van der Waals surface area contributed by atoms with E-state index in [1.807, 2.05) is 6.20 Å². The highest BCUT2D eigenvalue weighted by molar-refractivity contribution is 9.10. The van der Waals surface area contributed by atoms with Gasteiger partial charge in [-0.25, -0.2) is 5.43 Å². The molecule has 110 valence electrons. The van der Waals surface area contributed by atoms with Crippen LogP contribution in [-0.2, 0) is 5.41 Å².